The molecule has 0 aliphatic heterocycles. The van der Waals surface area contributed by atoms with Crippen molar-refractivity contribution in [1.82, 2.24) is 0 Å². The zero-order valence-electron chi connectivity index (χ0n) is 10.0. The molecule has 0 unspecified atom stereocenters. The van der Waals surface area contributed by atoms with Crippen LogP contribution in [0.4, 0.5) is 0 Å². The molecule has 1 rings (SSSR count). The number of benzene rings is 1. The van der Waals surface area contributed by atoms with E-state index in [9.17, 15) is 8.42 Å². The fourth-order valence-corrected chi connectivity index (χ4v) is 2.14. The summed E-state index contributed by atoms with van der Waals surface area (Å²) in [6.45, 7) is 2.08. The highest BCUT2D eigenvalue weighted by molar-refractivity contribution is 7.89. The van der Waals surface area contributed by atoms with Gasteiger partial charge in [0.05, 0.1) is 7.11 Å². The summed E-state index contributed by atoms with van der Waals surface area (Å²) < 4.78 is 27.7. The van der Waals surface area contributed by atoms with Gasteiger partial charge in [-0.3, -0.25) is 0 Å². The zero-order valence-corrected chi connectivity index (χ0v) is 10.8. The molecule has 0 aromatic heterocycles. The summed E-state index contributed by atoms with van der Waals surface area (Å²) >= 11 is 0. The number of methoxy groups -OCH3 is 1. The van der Waals surface area contributed by atoms with Gasteiger partial charge in [0.2, 0.25) is 10.0 Å². The zero-order chi connectivity index (χ0) is 12.9. The first-order valence-electron chi connectivity index (χ1n) is 5.36. The van der Waals surface area contributed by atoms with Gasteiger partial charge in [-0.1, -0.05) is 31.6 Å². The summed E-state index contributed by atoms with van der Waals surface area (Å²) in [5, 5.41) is 5.13. The lowest BCUT2D eigenvalue weighted by atomic mass is 10.2. The molecule has 0 aliphatic rings. The van der Waals surface area contributed by atoms with Gasteiger partial charge in [-0.25, -0.2) is 13.6 Å². The molecule has 0 aliphatic carbocycles. The summed E-state index contributed by atoms with van der Waals surface area (Å²) in [5.74, 6) is 0.264. The molecule has 94 valence electrons. The third-order valence-electron chi connectivity index (χ3n) is 2.26. The van der Waals surface area contributed by atoms with Gasteiger partial charge >= 0.3 is 0 Å². The van der Waals surface area contributed by atoms with Crippen LogP contribution in [-0.4, -0.2) is 15.5 Å². The molecule has 0 heterocycles. The maximum atomic E-state index is 11.4. The smallest absolute Gasteiger partial charge is 0.241 e. The number of ether oxygens (including phenoxy) is 1. The van der Waals surface area contributed by atoms with Crippen LogP contribution in [0.25, 0.3) is 6.08 Å². The number of unbranched alkanes of at least 4 members (excludes halogenated alkanes) is 1. The number of sulfonamides is 1. The highest BCUT2D eigenvalue weighted by Crippen LogP contribution is 2.24. The highest BCUT2D eigenvalue weighted by atomic mass is 32.2. The van der Waals surface area contributed by atoms with Crippen molar-refractivity contribution >= 4 is 16.1 Å². The molecule has 1 aromatic rings. The second-order valence-corrected chi connectivity index (χ2v) is 5.18. The predicted molar refractivity (Wildman–Crippen MR) is 68.3 cm³/mol. The Balaban J connectivity index is 3.14. The van der Waals surface area contributed by atoms with Crippen molar-refractivity contribution in [3.05, 3.63) is 29.8 Å². The van der Waals surface area contributed by atoms with Gasteiger partial charge in [-0.15, -0.1) is 0 Å². The number of hydrogen-bond acceptors (Lipinski definition) is 3. The van der Waals surface area contributed by atoms with Gasteiger partial charge < -0.3 is 4.74 Å². The van der Waals surface area contributed by atoms with Gasteiger partial charge in [0.1, 0.15) is 10.6 Å². The Labute approximate surface area is 102 Å². The van der Waals surface area contributed by atoms with Gasteiger partial charge in [0.25, 0.3) is 0 Å². The van der Waals surface area contributed by atoms with E-state index in [-0.39, 0.29) is 10.6 Å². The Bertz CT molecular complexity index is 506. The van der Waals surface area contributed by atoms with Crippen molar-refractivity contribution in [3.63, 3.8) is 0 Å². The van der Waals surface area contributed by atoms with Crippen molar-refractivity contribution < 1.29 is 13.2 Å². The fraction of sp³-hybridized carbons (Fsp3) is 0.333. The van der Waals surface area contributed by atoms with Crippen LogP contribution in [-0.2, 0) is 10.0 Å². The molecule has 0 bridgehead atoms. The summed E-state index contributed by atoms with van der Waals surface area (Å²) in [4.78, 5) is 0.0126. The van der Waals surface area contributed by atoms with Gasteiger partial charge in [0, 0.05) is 0 Å². The number of primary sulfonamides is 1. The molecule has 0 fully saturated rings. The second kappa shape index (κ2) is 5.84. The second-order valence-electron chi connectivity index (χ2n) is 3.65. The lowest BCUT2D eigenvalue weighted by Gasteiger charge is -2.07. The Morgan fingerprint density at radius 1 is 1.41 bits per heavy atom. The number of rotatable bonds is 5. The van der Waals surface area contributed by atoms with E-state index in [1.807, 2.05) is 12.2 Å². The first-order valence-corrected chi connectivity index (χ1v) is 6.91. The van der Waals surface area contributed by atoms with Crippen LogP contribution in [0.3, 0.4) is 0 Å². The minimum Gasteiger partial charge on any atom is -0.495 e. The first-order chi connectivity index (χ1) is 7.99. The van der Waals surface area contributed by atoms with E-state index in [2.05, 4.69) is 6.92 Å². The van der Waals surface area contributed by atoms with Crippen molar-refractivity contribution in [2.24, 2.45) is 5.14 Å². The minimum absolute atomic E-state index is 0.0126. The maximum absolute atomic E-state index is 11.4. The lowest BCUT2D eigenvalue weighted by molar-refractivity contribution is 0.402. The molecule has 0 saturated carbocycles. The van der Waals surface area contributed by atoms with Gasteiger partial charge in [-0.2, -0.15) is 0 Å². The third kappa shape index (κ3) is 3.87. The van der Waals surface area contributed by atoms with E-state index < -0.39 is 10.0 Å². The van der Waals surface area contributed by atoms with Crippen LogP contribution in [0, 0.1) is 0 Å². The fourth-order valence-electron chi connectivity index (χ4n) is 1.41. The van der Waals surface area contributed by atoms with Crippen molar-refractivity contribution in [2.75, 3.05) is 7.11 Å². The average Bonchev–Trinajstić information content (AvgIpc) is 2.28. The Hall–Kier alpha value is -1.33. The molecule has 0 amide bonds. The lowest BCUT2D eigenvalue weighted by Crippen LogP contribution is -2.13. The van der Waals surface area contributed by atoms with E-state index in [1.165, 1.54) is 13.2 Å². The number of hydrogen-bond donors (Lipinski definition) is 1. The van der Waals surface area contributed by atoms with Crippen LogP contribution < -0.4 is 9.88 Å². The molecule has 2 N–H and O–H groups in total. The van der Waals surface area contributed by atoms with Crippen LogP contribution in [0.1, 0.15) is 25.3 Å². The summed E-state index contributed by atoms with van der Waals surface area (Å²) in [5.41, 5.74) is 0.795. The monoisotopic (exact) mass is 255 g/mol. The Kier molecular flexibility index (Phi) is 4.72. The number of allylic oxidation sites excluding steroid dienone is 1. The van der Waals surface area contributed by atoms with Crippen molar-refractivity contribution in [2.45, 2.75) is 24.7 Å². The van der Waals surface area contributed by atoms with E-state index in [0.29, 0.717) is 0 Å². The van der Waals surface area contributed by atoms with Crippen LogP contribution in [0.5, 0.6) is 5.75 Å². The summed E-state index contributed by atoms with van der Waals surface area (Å²) in [7, 11) is -2.34. The number of nitrogens with two attached hydrogens (primary N) is 1. The topological polar surface area (TPSA) is 69.4 Å². The first kappa shape index (κ1) is 13.7. The van der Waals surface area contributed by atoms with Crippen molar-refractivity contribution in [1.29, 1.82) is 0 Å². The van der Waals surface area contributed by atoms with E-state index in [1.54, 1.807) is 12.1 Å². The van der Waals surface area contributed by atoms with E-state index in [4.69, 9.17) is 9.88 Å². The molecular weight excluding hydrogens is 238 g/mol. The van der Waals surface area contributed by atoms with Crippen LogP contribution >= 0.6 is 0 Å². The summed E-state index contributed by atoms with van der Waals surface area (Å²) in [6, 6.07) is 4.91. The molecule has 1 aromatic carbocycles. The van der Waals surface area contributed by atoms with Crippen molar-refractivity contribution in [3.8, 4) is 5.75 Å². The average molecular weight is 255 g/mol. The molecule has 0 saturated heterocycles. The largest absolute Gasteiger partial charge is 0.495 e. The Morgan fingerprint density at radius 2 is 2.12 bits per heavy atom. The molecule has 0 atom stereocenters. The van der Waals surface area contributed by atoms with Crippen LogP contribution in [0.2, 0.25) is 0 Å². The van der Waals surface area contributed by atoms with E-state index >= 15 is 0 Å². The SMILES string of the molecule is CCC/C=C/c1ccc(OC)c(S(N)(=O)=O)c1. The third-order valence-corrected chi connectivity index (χ3v) is 3.19. The van der Waals surface area contributed by atoms with Crippen LogP contribution in [0.15, 0.2) is 29.2 Å². The quantitative estimate of drug-likeness (QED) is 0.876. The summed E-state index contributed by atoms with van der Waals surface area (Å²) in [6.07, 6.45) is 5.87. The Morgan fingerprint density at radius 3 is 2.65 bits per heavy atom. The normalized spacial score (nSPS) is 11.9. The molecule has 0 spiro atoms. The molecular formula is C12H17NO3S. The van der Waals surface area contributed by atoms with E-state index in [0.717, 1.165) is 18.4 Å². The molecule has 4 nitrogen and oxygen atoms in total. The molecule has 17 heavy (non-hydrogen) atoms. The molecule has 5 heteroatoms. The molecule has 0 radical (unpaired) electrons. The van der Waals surface area contributed by atoms with Gasteiger partial charge in [0.15, 0.2) is 0 Å². The maximum Gasteiger partial charge on any atom is 0.241 e. The highest BCUT2D eigenvalue weighted by Gasteiger charge is 2.14. The predicted octanol–water partition coefficient (Wildman–Crippen LogP) is 2.16. The minimum atomic E-state index is -3.76. The standard InChI is InChI=1S/C12H17NO3S/c1-3-4-5-6-10-7-8-11(16-2)12(9-10)17(13,14)15/h5-9H,3-4H2,1-2H3,(H2,13,14,15)/b6-5+. The van der Waals surface area contributed by atoms with Gasteiger partial charge in [-0.05, 0) is 24.1 Å².